The van der Waals surface area contributed by atoms with E-state index < -0.39 is 8.32 Å². The molecule has 0 heterocycles. The van der Waals surface area contributed by atoms with Gasteiger partial charge in [0.25, 0.3) is 8.32 Å². The third kappa shape index (κ3) is 4.57. The zero-order valence-electron chi connectivity index (χ0n) is 20.0. The van der Waals surface area contributed by atoms with Crippen LogP contribution in [0.15, 0.2) is 91.0 Å². The van der Waals surface area contributed by atoms with Crippen molar-refractivity contribution in [3.63, 3.8) is 0 Å². The highest BCUT2D eigenvalue weighted by atomic mass is 28.4. The summed E-state index contributed by atoms with van der Waals surface area (Å²) < 4.78 is 7.58. The van der Waals surface area contributed by atoms with Crippen molar-refractivity contribution in [2.75, 3.05) is 0 Å². The van der Waals surface area contributed by atoms with Crippen molar-refractivity contribution in [3.8, 4) is 0 Å². The van der Waals surface area contributed by atoms with Crippen LogP contribution in [-0.4, -0.2) is 23.9 Å². The Morgan fingerprint density at radius 1 is 0.844 bits per heavy atom. The van der Waals surface area contributed by atoms with Gasteiger partial charge in [0.05, 0.1) is 15.6 Å². The molecule has 4 rings (SSSR count). The third-order valence-electron chi connectivity index (χ3n) is 7.20. The summed E-state index contributed by atoms with van der Waals surface area (Å²) in [6, 6.07) is 34.4. The Balaban J connectivity index is 1.72. The number of rotatable bonds is 7. The summed E-state index contributed by atoms with van der Waals surface area (Å²) in [6.07, 6.45) is 3.99. The van der Waals surface area contributed by atoms with E-state index in [1.54, 1.807) is 0 Å². The summed E-state index contributed by atoms with van der Waals surface area (Å²) in [4.78, 5) is 0. The molecule has 0 amide bonds. The monoisotopic (exact) mass is 456 g/mol. The van der Waals surface area contributed by atoms with Crippen LogP contribution >= 0.6 is 0 Å². The van der Waals surface area contributed by atoms with Gasteiger partial charge < -0.3 is 4.43 Å². The first-order valence-corrected chi connectivity index (χ1v) is 15.0. The van der Waals surface area contributed by atoms with Gasteiger partial charge in [-0.2, -0.15) is 0 Å². The van der Waals surface area contributed by atoms with Gasteiger partial charge in [0, 0.05) is 0 Å². The predicted molar refractivity (Wildman–Crippen MR) is 141 cm³/mol. The molecule has 3 aromatic rings. The molecule has 1 aliphatic carbocycles. The fraction of sp³-hybridized carbons (Fsp3) is 0.379. The Morgan fingerprint density at radius 2 is 1.34 bits per heavy atom. The molecule has 3 aromatic carbocycles. The van der Waals surface area contributed by atoms with Crippen LogP contribution in [0.2, 0.25) is 11.1 Å². The summed E-state index contributed by atoms with van der Waals surface area (Å²) in [5, 5.41) is 4.27. The van der Waals surface area contributed by atoms with Crippen molar-refractivity contribution in [2.45, 2.75) is 64.1 Å². The number of hydrogen-bond donors (Lipinski definition) is 0. The maximum Gasteiger partial charge on any atom is 0.261 e. The Kier molecular flexibility index (Phi) is 6.90. The van der Waals surface area contributed by atoms with Gasteiger partial charge in [0.15, 0.2) is 0 Å². The summed E-state index contributed by atoms with van der Waals surface area (Å²) in [6.45, 7) is 9.64. The molecule has 1 nitrogen and oxygen atoms in total. The van der Waals surface area contributed by atoms with Gasteiger partial charge in [-0.3, -0.25) is 0 Å². The fourth-order valence-corrected chi connectivity index (χ4v) is 11.7. The highest BCUT2D eigenvalue weighted by Gasteiger charge is 2.54. The van der Waals surface area contributed by atoms with Crippen LogP contribution in [-0.2, 0) is 4.43 Å². The van der Waals surface area contributed by atoms with Crippen molar-refractivity contribution < 1.29 is 4.43 Å². The minimum Gasteiger partial charge on any atom is -0.404 e. The van der Waals surface area contributed by atoms with Crippen molar-refractivity contribution >= 4 is 33.4 Å². The predicted octanol–water partition coefficient (Wildman–Crippen LogP) is 5.57. The first-order valence-electron chi connectivity index (χ1n) is 11.9. The first-order chi connectivity index (χ1) is 15.4. The van der Waals surface area contributed by atoms with Crippen molar-refractivity contribution in [1.29, 1.82) is 0 Å². The molecule has 2 radical (unpaired) electrons. The van der Waals surface area contributed by atoms with E-state index in [9.17, 15) is 0 Å². The van der Waals surface area contributed by atoms with Gasteiger partial charge in [0.2, 0.25) is 0 Å². The van der Waals surface area contributed by atoms with E-state index in [1.807, 2.05) is 0 Å². The highest BCUT2D eigenvalue weighted by Crippen LogP contribution is 2.47. The molecule has 166 valence electrons. The van der Waals surface area contributed by atoms with Crippen LogP contribution in [0.3, 0.4) is 0 Å². The molecule has 0 bridgehead atoms. The van der Waals surface area contributed by atoms with E-state index in [1.165, 1.54) is 40.9 Å². The van der Waals surface area contributed by atoms with Crippen molar-refractivity contribution in [1.82, 2.24) is 0 Å². The minimum atomic E-state index is -2.51. The highest BCUT2D eigenvalue weighted by molar-refractivity contribution is 6.99. The normalized spacial score (nSPS) is 21.6. The number of hydrogen-bond acceptors (Lipinski definition) is 1. The van der Waals surface area contributed by atoms with E-state index in [4.69, 9.17) is 4.43 Å². The minimum absolute atomic E-state index is 0.0287. The molecule has 1 saturated carbocycles. The molecule has 0 unspecified atom stereocenters. The molecule has 0 aromatic heterocycles. The second kappa shape index (κ2) is 9.50. The van der Waals surface area contributed by atoms with E-state index in [0.29, 0.717) is 6.10 Å². The lowest BCUT2D eigenvalue weighted by molar-refractivity contribution is 0.0935. The topological polar surface area (TPSA) is 9.23 Å². The van der Waals surface area contributed by atoms with Gasteiger partial charge in [-0.1, -0.05) is 130 Å². The lowest BCUT2D eigenvalue weighted by Crippen LogP contribution is -2.68. The zero-order valence-corrected chi connectivity index (χ0v) is 22.0. The average Bonchev–Trinajstić information content (AvgIpc) is 3.17. The summed E-state index contributed by atoms with van der Waals surface area (Å²) in [7, 11) is -1.67. The van der Waals surface area contributed by atoms with Crippen LogP contribution in [0.1, 0.15) is 47.0 Å². The maximum absolute atomic E-state index is 7.58. The van der Waals surface area contributed by atoms with E-state index in [-0.39, 0.29) is 10.5 Å². The standard InChI is InChI=1S/C29H36OSi2/c1-28(2,3)32(25-17-10-6-11-18-25,26-19-12-7-13-20-26)30-27-21-14-22-29(27,4)23-31-24-15-8-5-9-16-24/h5-13,15-20,27H,14,21-23H2,1-4H3/t27-,29+/m0/s1. The van der Waals surface area contributed by atoms with E-state index in [2.05, 4.69) is 119 Å². The quantitative estimate of drug-likeness (QED) is 0.422. The molecule has 0 saturated heterocycles. The molecule has 0 aliphatic heterocycles. The lowest BCUT2D eigenvalue weighted by atomic mass is 9.89. The molecule has 0 N–H and O–H groups in total. The summed E-state index contributed by atoms with van der Waals surface area (Å²) in [5.41, 5.74) is 0.224. The molecular weight excluding hydrogens is 420 g/mol. The second-order valence-electron chi connectivity index (χ2n) is 10.5. The molecule has 2 atom stereocenters. The van der Waals surface area contributed by atoms with Gasteiger partial charge in [-0.15, -0.1) is 0 Å². The third-order valence-corrected chi connectivity index (χ3v) is 14.0. The van der Waals surface area contributed by atoms with Crippen LogP contribution in [0.25, 0.3) is 0 Å². The molecule has 3 heteroatoms. The van der Waals surface area contributed by atoms with Gasteiger partial charge in [-0.05, 0) is 39.7 Å². The van der Waals surface area contributed by atoms with Gasteiger partial charge in [0.1, 0.15) is 0 Å². The Morgan fingerprint density at radius 3 is 1.84 bits per heavy atom. The molecule has 32 heavy (non-hydrogen) atoms. The Labute approximate surface area is 198 Å². The van der Waals surface area contributed by atoms with Crippen LogP contribution in [0.4, 0.5) is 0 Å². The SMILES string of the molecule is CC(C)(C)[Si](O[C@H]1CCC[C@]1(C)C[Si]c1ccccc1)(c1ccccc1)c1ccccc1. The number of benzene rings is 3. The molecule has 0 spiro atoms. The first kappa shape index (κ1) is 23.2. The Hall–Kier alpha value is -1.95. The largest absolute Gasteiger partial charge is 0.404 e. The van der Waals surface area contributed by atoms with Crippen LogP contribution in [0.5, 0.6) is 0 Å². The molecule has 1 fully saturated rings. The molecular formula is C29H36OSi2. The maximum atomic E-state index is 7.58. The fourth-order valence-electron chi connectivity index (χ4n) is 5.37. The van der Waals surface area contributed by atoms with Crippen LogP contribution in [0, 0.1) is 5.41 Å². The van der Waals surface area contributed by atoms with Crippen LogP contribution < -0.4 is 15.6 Å². The lowest BCUT2D eigenvalue weighted by Gasteiger charge is -2.47. The van der Waals surface area contributed by atoms with Crippen molar-refractivity contribution in [2.24, 2.45) is 5.41 Å². The molecule has 1 aliphatic rings. The van der Waals surface area contributed by atoms with Gasteiger partial charge in [-0.25, -0.2) is 0 Å². The second-order valence-corrected chi connectivity index (χ2v) is 16.1. The summed E-state index contributed by atoms with van der Waals surface area (Å²) in [5.74, 6) is 0. The zero-order chi connectivity index (χ0) is 22.7. The van der Waals surface area contributed by atoms with E-state index >= 15 is 0 Å². The average molecular weight is 457 g/mol. The summed E-state index contributed by atoms with van der Waals surface area (Å²) >= 11 is 0. The van der Waals surface area contributed by atoms with Crippen molar-refractivity contribution in [3.05, 3.63) is 91.0 Å². The Bertz CT molecular complexity index is 942. The van der Waals surface area contributed by atoms with E-state index in [0.717, 1.165) is 9.52 Å². The smallest absolute Gasteiger partial charge is 0.261 e. The van der Waals surface area contributed by atoms with Gasteiger partial charge >= 0.3 is 0 Å².